The van der Waals surface area contributed by atoms with E-state index in [0.717, 1.165) is 25.7 Å². The van der Waals surface area contributed by atoms with E-state index in [9.17, 15) is 4.79 Å². The number of carbonyl (C=O) groups excluding carboxylic acids is 1. The minimum atomic E-state index is -2.54. The van der Waals surface area contributed by atoms with Crippen LogP contribution in [0.25, 0.3) is 0 Å². The fraction of sp³-hybridized carbons (Fsp3) is 0.675. The molecule has 0 aliphatic heterocycles. The first-order valence-electron chi connectivity index (χ1n) is 18.8. The van der Waals surface area contributed by atoms with Crippen LogP contribution >= 0.6 is 0 Å². The summed E-state index contributed by atoms with van der Waals surface area (Å²) < 4.78 is 51.3. The Kier molecular flexibility index (Phi) is 25.0. The Morgan fingerprint density at radius 2 is 0.902 bits per heavy atom. The molecule has 0 heterocycles. The lowest BCUT2D eigenvalue weighted by molar-refractivity contribution is -0.150. The Bertz CT molecular complexity index is 1060. The van der Waals surface area contributed by atoms with Crippen LogP contribution in [0.15, 0.2) is 60.7 Å². The van der Waals surface area contributed by atoms with Crippen LogP contribution in [0.1, 0.15) is 60.3 Å². The second-order valence-electron chi connectivity index (χ2n) is 13.2. The van der Waals surface area contributed by atoms with E-state index in [2.05, 4.69) is 88.4 Å². The third-order valence-electron chi connectivity index (χ3n) is 8.40. The Morgan fingerprint density at radius 1 is 0.549 bits per heavy atom. The second kappa shape index (κ2) is 28.3. The molecule has 0 fully saturated rings. The topological polar surface area (TPSA) is 100 Å². The third-order valence-corrected chi connectivity index (χ3v) is 13.4. The minimum absolute atomic E-state index is 0.00371. The molecule has 0 radical (unpaired) electrons. The van der Waals surface area contributed by atoms with Gasteiger partial charge in [-0.3, -0.25) is 4.79 Å². The van der Waals surface area contributed by atoms with Gasteiger partial charge < -0.3 is 42.3 Å². The van der Waals surface area contributed by atoms with Crippen molar-refractivity contribution in [2.45, 2.75) is 65.3 Å². The molecule has 0 amide bonds. The molecule has 0 bridgehead atoms. The fourth-order valence-corrected chi connectivity index (χ4v) is 10.2. The minimum Gasteiger partial charge on any atom is -0.463 e. The highest BCUT2D eigenvalue weighted by molar-refractivity contribution is 6.99. The van der Waals surface area contributed by atoms with Crippen molar-refractivity contribution < 1.29 is 47.1 Å². The zero-order valence-corrected chi connectivity index (χ0v) is 33.1. The van der Waals surface area contributed by atoms with Gasteiger partial charge in [-0.15, -0.1) is 0 Å². The second-order valence-corrected chi connectivity index (χ2v) is 17.5. The van der Waals surface area contributed by atoms with E-state index in [-0.39, 0.29) is 23.5 Å². The monoisotopic (exact) mass is 734 g/mol. The van der Waals surface area contributed by atoms with Crippen molar-refractivity contribution in [1.29, 1.82) is 0 Å². The fourth-order valence-electron chi connectivity index (χ4n) is 5.70. The van der Waals surface area contributed by atoms with Crippen molar-refractivity contribution in [2.24, 2.45) is 5.92 Å². The lowest BCUT2D eigenvalue weighted by Crippen LogP contribution is -2.66. The lowest BCUT2D eigenvalue weighted by Gasteiger charge is -2.43. The van der Waals surface area contributed by atoms with Crippen molar-refractivity contribution in [3.63, 3.8) is 0 Å². The molecule has 51 heavy (non-hydrogen) atoms. The highest BCUT2D eigenvalue weighted by atomic mass is 28.4. The van der Waals surface area contributed by atoms with Crippen molar-refractivity contribution >= 4 is 24.7 Å². The largest absolute Gasteiger partial charge is 0.463 e. The molecule has 0 aromatic heterocycles. The molecule has 10 nitrogen and oxygen atoms in total. The Balaban J connectivity index is 1.37. The molecule has 0 aliphatic rings. The summed E-state index contributed by atoms with van der Waals surface area (Å²) in [5.41, 5.74) is 0. The van der Waals surface area contributed by atoms with Gasteiger partial charge in [0.05, 0.1) is 105 Å². The summed E-state index contributed by atoms with van der Waals surface area (Å²) in [5.74, 6) is -0.122. The van der Waals surface area contributed by atoms with E-state index in [1.54, 1.807) is 0 Å². The normalized spacial score (nSPS) is 12.6. The van der Waals surface area contributed by atoms with Crippen molar-refractivity contribution in [2.75, 3.05) is 106 Å². The standard InChI is InChI=1S/C40H66O10Si/c1-6-8-15-36(7-2)39(41)49-34-32-47-30-28-45-26-24-43-22-20-42-21-23-44-25-27-46-29-31-48-33-35-50-51(40(3,4)5,37-16-11-9-12-17-37)38-18-13-10-14-19-38/h9-14,16-19,36H,6-8,15,20-35H2,1-5H3. The summed E-state index contributed by atoms with van der Waals surface area (Å²) in [6.45, 7) is 18.5. The molecule has 2 aromatic carbocycles. The van der Waals surface area contributed by atoms with Crippen LogP contribution < -0.4 is 10.4 Å². The predicted octanol–water partition coefficient (Wildman–Crippen LogP) is 5.44. The number of hydrogen-bond donors (Lipinski definition) is 0. The molecule has 1 unspecified atom stereocenters. The Hall–Kier alpha value is -2.19. The summed E-state index contributed by atoms with van der Waals surface area (Å²) in [6, 6.07) is 21.3. The maximum Gasteiger partial charge on any atom is 0.308 e. The summed E-state index contributed by atoms with van der Waals surface area (Å²) in [5, 5.41) is 2.47. The van der Waals surface area contributed by atoms with Crippen molar-refractivity contribution in [3.05, 3.63) is 60.7 Å². The first kappa shape index (κ1) is 45.0. The van der Waals surface area contributed by atoms with Crippen LogP contribution in [0, 0.1) is 5.92 Å². The van der Waals surface area contributed by atoms with Crippen LogP contribution in [-0.4, -0.2) is 120 Å². The molecule has 11 heteroatoms. The SMILES string of the molecule is CCCCC(CC)C(=O)OCCOCCOCCOCCOCCOCCOCCOCCO[Si](c1ccccc1)(c1ccccc1)C(C)(C)C. The average molecular weight is 735 g/mol. The molecule has 2 rings (SSSR count). The summed E-state index contributed by atoms with van der Waals surface area (Å²) in [4.78, 5) is 12.1. The van der Waals surface area contributed by atoms with Crippen LogP contribution in [0.5, 0.6) is 0 Å². The zero-order chi connectivity index (χ0) is 36.9. The molecule has 2 aromatic rings. The quantitative estimate of drug-likeness (QED) is 0.0549. The van der Waals surface area contributed by atoms with Crippen LogP contribution in [0.3, 0.4) is 0 Å². The highest BCUT2D eigenvalue weighted by Crippen LogP contribution is 2.36. The van der Waals surface area contributed by atoms with Gasteiger partial charge in [0.15, 0.2) is 0 Å². The van der Waals surface area contributed by atoms with Gasteiger partial charge >= 0.3 is 5.97 Å². The number of unbranched alkanes of at least 4 members (excludes halogenated alkanes) is 1. The van der Waals surface area contributed by atoms with Crippen LogP contribution in [-0.2, 0) is 47.1 Å². The molecular weight excluding hydrogens is 669 g/mol. The summed E-state index contributed by atoms with van der Waals surface area (Å²) in [7, 11) is -2.54. The summed E-state index contributed by atoms with van der Waals surface area (Å²) >= 11 is 0. The lowest BCUT2D eigenvalue weighted by atomic mass is 10.00. The van der Waals surface area contributed by atoms with Gasteiger partial charge in [-0.25, -0.2) is 0 Å². The Morgan fingerprint density at radius 3 is 1.24 bits per heavy atom. The van der Waals surface area contributed by atoms with E-state index >= 15 is 0 Å². The molecule has 0 saturated heterocycles. The van der Waals surface area contributed by atoms with Gasteiger partial charge in [-0.2, -0.15) is 0 Å². The van der Waals surface area contributed by atoms with Crippen molar-refractivity contribution in [1.82, 2.24) is 0 Å². The number of ether oxygens (including phenoxy) is 8. The molecule has 0 spiro atoms. The first-order valence-corrected chi connectivity index (χ1v) is 20.7. The number of benzene rings is 2. The average Bonchev–Trinajstić information content (AvgIpc) is 3.13. The van der Waals surface area contributed by atoms with Gasteiger partial charge in [0.2, 0.25) is 0 Å². The van der Waals surface area contributed by atoms with Crippen molar-refractivity contribution in [3.8, 4) is 0 Å². The number of carbonyl (C=O) groups is 1. The maximum absolute atomic E-state index is 12.1. The van der Waals surface area contributed by atoms with E-state index < -0.39 is 8.32 Å². The number of rotatable bonds is 32. The smallest absolute Gasteiger partial charge is 0.308 e. The molecular formula is C40H66O10Si. The molecule has 0 aliphatic carbocycles. The highest BCUT2D eigenvalue weighted by Gasteiger charge is 2.50. The van der Waals surface area contributed by atoms with Gasteiger partial charge in [0.25, 0.3) is 8.32 Å². The summed E-state index contributed by atoms with van der Waals surface area (Å²) in [6.07, 6.45) is 3.84. The van der Waals surface area contributed by atoms with Gasteiger partial charge in [0, 0.05) is 0 Å². The number of esters is 1. The third kappa shape index (κ3) is 18.4. The van der Waals surface area contributed by atoms with E-state index in [4.69, 9.17) is 42.3 Å². The zero-order valence-electron chi connectivity index (χ0n) is 32.1. The van der Waals surface area contributed by atoms with Crippen LogP contribution in [0.2, 0.25) is 5.04 Å². The molecule has 290 valence electrons. The van der Waals surface area contributed by atoms with E-state index in [1.165, 1.54) is 10.4 Å². The van der Waals surface area contributed by atoms with E-state index in [0.29, 0.717) is 99.1 Å². The first-order chi connectivity index (χ1) is 24.9. The maximum atomic E-state index is 12.1. The molecule has 0 N–H and O–H groups in total. The van der Waals surface area contributed by atoms with Gasteiger partial charge in [-0.1, -0.05) is 108 Å². The Labute approximate surface area is 308 Å². The van der Waals surface area contributed by atoms with Crippen LogP contribution in [0.4, 0.5) is 0 Å². The molecule has 1 atom stereocenters. The number of hydrogen-bond acceptors (Lipinski definition) is 10. The predicted molar refractivity (Wildman–Crippen MR) is 204 cm³/mol. The van der Waals surface area contributed by atoms with E-state index in [1.807, 2.05) is 6.92 Å². The van der Waals surface area contributed by atoms with Gasteiger partial charge in [-0.05, 0) is 28.3 Å². The van der Waals surface area contributed by atoms with Gasteiger partial charge in [0.1, 0.15) is 6.61 Å². The molecule has 0 saturated carbocycles.